The third kappa shape index (κ3) is 3.95. The second kappa shape index (κ2) is 7.05. The Hall–Kier alpha value is -1.68. The van der Waals surface area contributed by atoms with Crippen LogP contribution in [0.1, 0.15) is 29.1 Å². The summed E-state index contributed by atoms with van der Waals surface area (Å²) < 4.78 is 0. The van der Waals surface area contributed by atoms with E-state index >= 15 is 0 Å². The molecular formula is C18H22N2OS. The van der Waals surface area contributed by atoms with Gasteiger partial charge in [0.1, 0.15) is 0 Å². The molecule has 0 unspecified atom stereocenters. The molecule has 1 amide bonds. The zero-order valence-corrected chi connectivity index (χ0v) is 13.8. The van der Waals surface area contributed by atoms with Crippen LogP contribution in [0.2, 0.25) is 0 Å². The first kappa shape index (κ1) is 15.2. The first-order valence-electron chi connectivity index (χ1n) is 7.93. The summed E-state index contributed by atoms with van der Waals surface area (Å²) in [6.45, 7) is 3.81. The van der Waals surface area contributed by atoms with Crippen LogP contribution in [0.15, 0.2) is 35.7 Å². The number of amides is 1. The minimum absolute atomic E-state index is 0.268. The molecular weight excluding hydrogens is 292 g/mol. The lowest BCUT2D eigenvalue weighted by atomic mass is 9.93. The highest BCUT2D eigenvalue weighted by atomic mass is 32.1. The molecule has 0 bridgehead atoms. The third-order valence-electron chi connectivity index (χ3n) is 4.22. The van der Waals surface area contributed by atoms with Crippen LogP contribution in [0.5, 0.6) is 0 Å². The van der Waals surface area contributed by atoms with Gasteiger partial charge in [0, 0.05) is 29.4 Å². The molecule has 116 valence electrons. The third-order valence-corrected chi connectivity index (χ3v) is 5.10. The number of thiophene rings is 1. The minimum atomic E-state index is 0.268. The Morgan fingerprint density at radius 3 is 3.05 bits per heavy atom. The van der Waals surface area contributed by atoms with E-state index in [0.717, 1.165) is 42.2 Å². The van der Waals surface area contributed by atoms with E-state index in [1.807, 2.05) is 35.4 Å². The summed E-state index contributed by atoms with van der Waals surface area (Å²) in [5.41, 5.74) is 2.22. The van der Waals surface area contributed by atoms with Gasteiger partial charge in [-0.25, -0.2) is 0 Å². The zero-order chi connectivity index (χ0) is 15.4. The Kier molecular flexibility index (Phi) is 4.88. The van der Waals surface area contributed by atoms with Gasteiger partial charge in [-0.1, -0.05) is 12.1 Å². The Bertz CT molecular complexity index is 624. The lowest BCUT2D eigenvalue weighted by Gasteiger charge is -2.32. The Morgan fingerprint density at radius 1 is 1.36 bits per heavy atom. The van der Waals surface area contributed by atoms with Gasteiger partial charge in [-0.15, -0.1) is 11.3 Å². The molecule has 2 aromatic heterocycles. The van der Waals surface area contributed by atoms with E-state index in [-0.39, 0.29) is 5.91 Å². The van der Waals surface area contributed by atoms with E-state index in [2.05, 4.69) is 17.1 Å². The van der Waals surface area contributed by atoms with Gasteiger partial charge in [-0.05, 0) is 55.7 Å². The fraction of sp³-hybridized carbons (Fsp3) is 0.444. The van der Waals surface area contributed by atoms with E-state index in [9.17, 15) is 4.79 Å². The highest BCUT2D eigenvalue weighted by molar-refractivity contribution is 7.10. The number of nitrogens with zero attached hydrogens (tertiary/aromatic N) is 2. The van der Waals surface area contributed by atoms with Crippen molar-refractivity contribution in [1.29, 1.82) is 0 Å². The zero-order valence-electron chi connectivity index (χ0n) is 13.0. The standard InChI is InChI=1S/C18H22N2OS/c1-14-5-2-7-16(19-14)11-15-6-3-9-20(13-15)18(21)12-17-8-4-10-22-17/h2,4-5,7-8,10,15H,3,6,9,11-13H2,1H3/t15-/m0/s1. The Labute approximate surface area is 136 Å². The second-order valence-corrected chi connectivity index (χ2v) is 7.11. The van der Waals surface area contributed by atoms with Crippen LogP contribution in [0.25, 0.3) is 0 Å². The molecule has 1 fully saturated rings. The molecule has 4 heteroatoms. The number of pyridine rings is 1. The van der Waals surface area contributed by atoms with Crippen molar-refractivity contribution in [2.75, 3.05) is 13.1 Å². The average Bonchev–Trinajstić information content (AvgIpc) is 3.00. The van der Waals surface area contributed by atoms with Gasteiger partial charge >= 0.3 is 0 Å². The van der Waals surface area contributed by atoms with E-state index in [0.29, 0.717) is 12.3 Å². The second-order valence-electron chi connectivity index (χ2n) is 6.08. The van der Waals surface area contributed by atoms with Crippen molar-refractivity contribution < 1.29 is 4.79 Å². The van der Waals surface area contributed by atoms with E-state index < -0.39 is 0 Å². The summed E-state index contributed by atoms with van der Waals surface area (Å²) in [4.78, 5) is 20.2. The van der Waals surface area contributed by atoms with Gasteiger partial charge in [0.05, 0.1) is 6.42 Å². The molecule has 22 heavy (non-hydrogen) atoms. The van der Waals surface area contributed by atoms with Crippen LogP contribution in [-0.4, -0.2) is 28.9 Å². The number of piperidine rings is 1. The molecule has 3 nitrogen and oxygen atoms in total. The van der Waals surface area contributed by atoms with Crippen LogP contribution in [0, 0.1) is 12.8 Å². The highest BCUT2D eigenvalue weighted by Gasteiger charge is 2.24. The lowest BCUT2D eigenvalue weighted by Crippen LogP contribution is -2.41. The van der Waals surface area contributed by atoms with Gasteiger partial charge in [-0.3, -0.25) is 9.78 Å². The first-order chi connectivity index (χ1) is 10.7. The number of aromatic nitrogens is 1. The summed E-state index contributed by atoms with van der Waals surface area (Å²) >= 11 is 1.66. The SMILES string of the molecule is Cc1cccc(C[C@@H]2CCCN(C(=O)Cc3cccs3)C2)n1. The quantitative estimate of drug-likeness (QED) is 0.865. The summed E-state index contributed by atoms with van der Waals surface area (Å²) in [7, 11) is 0. The summed E-state index contributed by atoms with van der Waals surface area (Å²) in [5.74, 6) is 0.805. The number of aryl methyl sites for hydroxylation is 1. The summed E-state index contributed by atoms with van der Waals surface area (Å²) in [6, 6.07) is 10.2. The molecule has 3 rings (SSSR count). The van der Waals surface area contributed by atoms with Crippen molar-refractivity contribution in [2.45, 2.75) is 32.6 Å². The van der Waals surface area contributed by atoms with Crippen molar-refractivity contribution in [1.82, 2.24) is 9.88 Å². The summed E-state index contributed by atoms with van der Waals surface area (Å²) in [6.07, 6.45) is 3.82. The van der Waals surface area contributed by atoms with Crippen molar-refractivity contribution in [3.63, 3.8) is 0 Å². The maximum atomic E-state index is 12.4. The Morgan fingerprint density at radius 2 is 2.27 bits per heavy atom. The number of likely N-dealkylation sites (tertiary alicyclic amines) is 1. The van der Waals surface area contributed by atoms with Gasteiger partial charge < -0.3 is 4.90 Å². The summed E-state index contributed by atoms with van der Waals surface area (Å²) in [5, 5.41) is 2.03. The molecule has 1 aliphatic heterocycles. The lowest BCUT2D eigenvalue weighted by molar-refractivity contribution is -0.132. The van der Waals surface area contributed by atoms with Crippen LogP contribution >= 0.6 is 11.3 Å². The van der Waals surface area contributed by atoms with Gasteiger partial charge in [0.15, 0.2) is 0 Å². The predicted octanol–water partition coefficient (Wildman–Crippen LogP) is 3.48. The number of carbonyl (C=O) groups excluding carboxylic acids is 1. The largest absolute Gasteiger partial charge is 0.342 e. The molecule has 0 saturated carbocycles. The van der Waals surface area contributed by atoms with Crippen LogP contribution in [0.4, 0.5) is 0 Å². The molecule has 2 aromatic rings. The maximum absolute atomic E-state index is 12.4. The van der Waals surface area contributed by atoms with E-state index in [4.69, 9.17) is 0 Å². The van der Waals surface area contributed by atoms with Crippen molar-refractivity contribution in [2.24, 2.45) is 5.92 Å². The molecule has 3 heterocycles. The van der Waals surface area contributed by atoms with E-state index in [1.54, 1.807) is 11.3 Å². The van der Waals surface area contributed by atoms with E-state index in [1.165, 1.54) is 6.42 Å². The molecule has 1 saturated heterocycles. The molecule has 0 N–H and O–H groups in total. The maximum Gasteiger partial charge on any atom is 0.227 e. The number of hydrogen-bond acceptors (Lipinski definition) is 3. The number of hydrogen-bond donors (Lipinski definition) is 0. The molecule has 0 aromatic carbocycles. The van der Waals surface area contributed by atoms with Gasteiger partial charge in [0.25, 0.3) is 0 Å². The first-order valence-corrected chi connectivity index (χ1v) is 8.81. The normalized spacial score (nSPS) is 18.4. The Balaban J connectivity index is 1.58. The van der Waals surface area contributed by atoms with Crippen molar-refractivity contribution in [3.8, 4) is 0 Å². The fourth-order valence-corrected chi connectivity index (χ4v) is 3.84. The number of rotatable bonds is 4. The number of carbonyl (C=O) groups is 1. The molecule has 1 aliphatic rings. The molecule has 0 aliphatic carbocycles. The van der Waals surface area contributed by atoms with Crippen LogP contribution < -0.4 is 0 Å². The molecule has 0 radical (unpaired) electrons. The minimum Gasteiger partial charge on any atom is -0.342 e. The van der Waals surface area contributed by atoms with Gasteiger partial charge in [0.2, 0.25) is 5.91 Å². The van der Waals surface area contributed by atoms with Crippen molar-refractivity contribution in [3.05, 3.63) is 52.0 Å². The van der Waals surface area contributed by atoms with Crippen LogP contribution in [-0.2, 0) is 17.6 Å². The molecule has 0 spiro atoms. The highest BCUT2D eigenvalue weighted by Crippen LogP contribution is 2.21. The monoisotopic (exact) mass is 314 g/mol. The topological polar surface area (TPSA) is 33.2 Å². The predicted molar refractivity (Wildman–Crippen MR) is 90.0 cm³/mol. The smallest absolute Gasteiger partial charge is 0.227 e. The van der Waals surface area contributed by atoms with Crippen molar-refractivity contribution >= 4 is 17.2 Å². The van der Waals surface area contributed by atoms with Gasteiger partial charge in [-0.2, -0.15) is 0 Å². The molecule has 1 atom stereocenters. The van der Waals surface area contributed by atoms with Crippen LogP contribution in [0.3, 0.4) is 0 Å². The average molecular weight is 314 g/mol. The fourth-order valence-electron chi connectivity index (χ4n) is 3.14.